The summed E-state index contributed by atoms with van der Waals surface area (Å²) in [6, 6.07) is 12.7. The van der Waals surface area contributed by atoms with Crippen molar-refractivity contribution in [3.63, 3.8) is 0 Å². The number of rotatable bonds is 9. The number of halogens is 1. The zero-order chi connectivity index (χ0) is 20.5. The van der Waals surface area contributed by atoms with Gasteiger partial charge in [0.25, 0.3) is 5.91 Å². The van der Waals surface area contributed by atoms with Crippen molar-refractivity contribution < 1.29 is 18.7 Å². The minimum absolute atomic E-state index is 0.184. The van der Waals surface area contributed by atoms with Crippen molar-refractivity contribution in [1.82, 2.24) is 10.2 Å². The average molecular weight is 386 g/mol. The van der Waals surface area contributed by atoms with Crippen LogP contribution in [-0.2, 0) is 22.6 Å². The lowest BCUT2D eigenvalue weighted by Gasteiger charge is -2.28. The van der Waals surface area contributed by atoms with E-state index >= 15 is 0 Å². The molecule has 2 rings (SSSR count). The lowest BCUT2D eigenvalue weighted by Crippen LogP contribution is -2.49. The summed E-state index contributed by atoms with van der Waals surface area (Å²) in [6.45, 7) is 6.03. The predicted octanol–water partition coefficient (Wildman–Crippen LogP) is 3.32. The van der Waals surface area contributed by atoms with Crippen molar-refractivity contribution in [1.29, 1.82) is 0 Å². The summed E-state index contributed by atoms with van der Waals surface area (Å²) >= 11 is 0. The van der Waals surface area contributed by atoms with Crippen LogP contribution in [-0.4, -0.2) is 35.9 Å². The molecule has 2 aromatic rings. The number of aryl methyl sites for hydroxylation is 1. The van der Waals surface area contributed by atoms with Crippen LogP contribution in [0.3, 0.4) is 0 Å². The second-order valence-corrected chi connectivity index (χ2v) is 6.50. The van der Waals surface area contributed by atoms with E-state index in [1.54, 1.807) is 19.1 Å². The molecule has 28 heavy (non-hydrogen) atoms. The summed E-state index contributed by atoms with van der Waals surface area (Å²) in [4.78, 5) is 26.5. The third-order valence-electron chi connectivity index (χ3n) is 4.48. The topological polar surface area (TPSA) is 58.6 Å². The first-order valence-electron chi connectivity index (χ1n) is 9.48. The molecular weight excluding hydrogens is 359 g/mol. The second kappa shape index (κ2) is 10.4. The maximum absolute atomic E-state index is 13.2. The van der Waals surface area contributed by atoms with Crippen molar-refractivity contribution in [3.05, 3.63) is 65.5 Å². The third kappa shape index (κ3) is 6.08. The Morgan fingerprint density at radius 1 is 1.04 bits per heavy atom. The SMILES string of the molecule is CCNC(=O)[C@H](C)N(Cc1ccc(F)cc1)C(=O)COc1ccc(CC)cc1. The zero-order valence-corrected chi connectivity index (χ0v) is 16.6. The summed E-state index contributed by atoms with van der Waals surface area (Å²) in [5.41, 5.74) is 1.92. The first-order valence-corrected chi connectivity index (χ1v) is 9.48. The fourth-order valence-electron chi connectivity index (χ4n) is 2.74. The first-order chi connectivity index (χ1) is 13.4. The molecule has 0 heterocycles. The Morgan fingerprint density at radius 3 is 2.21 bits per heavy atom. The monoisotopic (exact) mass is 386 g/mol. The van der Waals surface area contributed by atoms with Crippen molar-refractivity contribution >= 4 is 11.8 Å². The summed E-state index contributed by atoms with van der Waals surface area (Å²) in [5.74, 6) is -0.317. The van der Waals surface area contributed by atoms with Crippen LogP contribution in [0.1, 0.15) is 31.9 Å². The molecule has 2 amide bonds. The van der Waals surface area contributed by atoms with Crippen molar-refractivity contribution in [2.45, 2.75) is 39.8 Å². The minimum atomic E-state index is -0.677. The number of nitrogens with zero attached hydrogens (tertiary/aromatic N) is 1. The van der Waals surface area contributed by atoms with Gasteiger partial charge in [0.1, 0.15) is 17.6 Å². The number of amides is 2. The summed E-state index contributed by atoms with van der Waals surface area (Å²) < 4.78 is 18.8. The van der Waals surface area contributed by atoms with Gasteiger partial charge >= 0.3 is 0 Å². The van der Waals surface area contributed by atoms with E-state index in [1.807, 2.05) is 31.2 Å². The summed E-state index contributed by atoms with van der Waals surface area (Å²) in [7, 11) is 0. The molecule has 0 aliphatic rings. The number of hydrogen-bond donors (Lipinski definition) is 1. The standard InChI is InChI=1S/C22H27FN2O3/c1-4-17-8-12-20(13-9-17)28-15-21(26)25(16(3)22(27)24-5-2)14-18-6-10-19(23)11-7-18/h6-13,16H,4-5,14-15H2,1-3H3,(H,24,27)/t16-/m0/s1. The Labute approximate surface area is 165 Å². The Morgan fingerprint density at radius 2 is 1.64 bits per heavy atom. The molecule has 5 nitrogen and oxygen atoms in total. The number of carbonyl (C=O) groups is 2. The molecule has 0 saturated carbocycles. The van der Waals surface area contributed by atoms with Gasteiger partial charge in [0, 0.05) is 13.1 Å². The molecule has 0 spiro atoms. The summed E-state index contributed by atoms with van der Waals surface area (Å²) in [5, 5.41) is 2.73. The number of likely N-dealkylation sites (N-methyl/N-ethyl adjacent to an activating group) is 1. The number of benzene rings is 2. The Hall–Kier alpha value is -2.89. The molecule has 0 unspecified atom stereocenters. The third-order valence-corrected chi connectivity index (χ3v) is 4.48. The fraction of sp³-hybridized carbons (Fsp3) is 0.364. The van der Waals surface area contributed by atoms with E-state index in [0.717, 1.165) is 12.0 Å². The van der Waals surface area contributed by atoms with E-state index < -0.39 is 6.04 Å². The lowest BCUT2D eigenvalue weighted by atomic mass is 10.1. The van der Waals surface area contributed by atoms with Gasteiger partial charge in [-0.05, 0) is 55.7 Å². The van der Waals surface area contributed by atoms with Crippen LogP contribution in [0.25, 0.3) is 0 Å². The molecular formula is C22H27FN2O3. The van der Waals surface area contributed by atoms with E-state index in [4.69, 9.17) is 4.74 Å². The van der Waals surface area contributed by atoms with Gasteiger partial charge in [0.2, 0.25) is 5.91 Å². The minimum Gasteiger partial charge on any atom is -0.484 e. The van der Waals surface area contributed by atoms with Crippen LogP contribution in [0.15, 0.2) is 48.5 Å². The van der Waals surface area contributed by atoms with Crippen LogP contribution in [0, 0.1) is 5.82 Å². The number of hydrogen-bond acceptors (Lipinski definition) is 3. The van der Waals surface area contributed by atoms with Crippen LogP contribution in [0.4, 0.5) is 4.39 Å². The highest BCUT2D eigenvalue weighted by Crippen LogP contribution is 2.14. The van der Waals surface area contributed by atoms with Crippen LogP contribution < -0.4 is 10.1 Å². The Balaban J connectivity index is 2.10. The van der Waals surface area contributed by atoms with Crippen molar-refractivity contribution in [3.8, 4) is 5.75 Å². The van der Waals surface area contributed by atoms with Crippen LogP contribution in [0.5, 0.6) is 5.75 Å². The van der Waals surface area contributed by atoms with Gasteiger partial charge in [-0.3, -0.25) is 9.59 Å². The molecule has 1 N–H and O–H groups in total. The normalized spacial score (nSPS) is 11.6. The van der Waals surface area contributed by atoms with Gasteiger partial charge in [0.15, 0.2) is 6.61 Å². The second-order valence-electron chi connectivity index (χ2n) is 6.50. The highest BCUT2D eigenvalue weighted by Gasteiger charge is 2.26. The molecule has 2 aromatic carbocycles. The highest BCUT2D eigenvalue weighted by atomic mass is 19.1. The van der Waals surface area contributed by atoms with Crippen molar-refractivity contribution in [2.24, 2.45) is 0 Å². The molecule has 0 radical (unpaired) electrons. The van der Waals surface area contributed by atoms with Crippen LogP contribution in [0.2, 0.25) is 0 Å². The highest BCUT2D eigenvalue weighted by molar-refractivity contribution is 5.87. The fourth-order valence-corrected chi connectivity index (χ4v) is 2.74. The predicted molar refractivity (Wildman–Crippen MR) is 106 cm³/mol. The van der Waals surface area contributed by atoms with Gasteiger partial charge in [-0.2, -0.15) is 0 Å². The Bertz CT molecular complexity index is 775. The largest absolute Gasteiger partial charge is 0.484 e. The summed E-state index contributed by atoms with van der Waals surface area (Å²) in [6.07, 6.45) is 0.925. The molecule has 6 heteroatoms. The lowest BCUT2D eigenvalue weighted by molar-refractivity contribution is -0.142. The van der Waals surface area contributed by atoms with E-state index in [0.29, 0.717) is 12.3 Å². The molecule has 1 atom stereocenters. The first kappa shape index (κ1) is 21.4. The maximum atomic E-state index is 13.2. The van der Waals surface area contributed by atoms with Gasteiger partial charge in [-0.1, -0.05) is 31.2 Å². The quantitative estimate of drug-likeness (QED) is 0.719. The Kier molecular flexibility index (Phi) is 7.99. The maximum Gasteiger partial charge on any atom is 0.261 e. The molecule has 0 fully saturated rings. The number of ether oxygens (including phenoxy) is 1. The zero-order valence-electron chi connectivity index (χ0n) is 16.6. The van der Waals surface area contributed by atoms with E-state index in [2.05, 4.69) is 12.2 Å². The molecule has 0 aliphatic carbocycles. The van der Waals surface area contributed by atoms with E-state index in [-0.39, 0.29) is 30.8 Å². The van der Waals surface area contributed by atoms with E-state index in [9.17, 15) is 14.0 Å². The molecule has 0 aromatic heterocycles. The molecule has 0 bridgehead atoms. The average Bonchev–Trinajstić information content (AvgIpc) is 2.71. The van der Waals surface area contributed by atoms with Gasteiger partial charge < -0.3 is 15.0 Å². The van der Waals surface area contributed by atoms with Gasteiger partial charge in [-0.25, -0.2) is 4.39 Å². The van der Waals surface area contributed by atoms with Crippen LogP contribution >= 0.6 is 0 Å². The smallest absolute Gasteiger partial charge is 0.261 e. The molecule has 0 saturated heterocycles. The van der Waals surface area contributed by atoms with E-state index in [1.165, 1.54) is 22.6 Å². The van der Waals surface area contributed by atoms with Gasteiger partial charge in [-0.15, -0.1) is 0 Å². The molecule has 150 valence electrons. The molecule has 0 aliphatic heterocycles. The number of nitrogens with one attached hydrogen (secondary N) is 1. The van der Waals surface area contributed by atoms with Gasteiger partial charge in [0.05, 0.1) is 0 Å². The number of carbonyl (C=O) groups excluding carboxylic acids is 2. The van der Waals surface area contributed by atoms with Crippen molar-refractivity contribution in [2.75, 3.05) is 13.2 Å².